The smallest absolute Gasteiger partial charge is 0.195 e. The number of rotatable bonds is 1. The quantitative estimate of drug-likeness (QED) is 0.756. The van der Waals surface area contributed by atoms with E-state index in [0.717, 1.165) is 13.1 Å². The second-order valence-corrected chi connectivity index (χ2v) is 3.46. The molecule has 0 aromatic heterocycles. The summed E-state index contributed by atoms with van der Waals surface area (Å²) < 4.78 is 0. The minimum absolute atomic E-state index is 0.513. The van der Waals surface area contributed by atoms with E-state index in [1.807, 2.05) is 0 Å². The average molecular weight is 221 g/mol. The molecule has 0 bridgehead atoms. The zero-order valence-electron chi connectivity index (χ0n) is 7.92. The molecule has 0 aliphatic carbocycles. The lowest BCUT2D eigenvalue weighted by molar-refractivity contribution is 0.959. The third-order valence-electron chi connectivity index (χ3n) is 2.05. The van der Waals surface area contributed by atoms with Gasteiger partial charge in [-0.3, -0.25) is 4.99 Å². The maximum absolute atomic E-state index is 8.91. The van der Waals surface area contributed by atoms with E-state index in [-0.39, 0.29) is 0 Å². The molecule has 2 N–H and O–H groups in total. The van der Waals surface area contributed by atoms with Crippen LogP contribution in [0.5, 0.6) is 0 Å². The fraction of sp³-hybridized carbons (Fsp3) is 0.200. The molecular formula is C10H9ClN4. The highest BCUT2D eigenvalue weighted by Gasteiger charge is 2.10. The highest BCUT2D eigenvalue weighted by atomic mass is 35.5. The first kappa shape index (κ1) is 9.81. The van der Waals surface area contributed by atoms with Crippen LogP contribution >= 0.6 is 11.6 Å². The molecule has 0 radical (unpaired) electrons. The molecule has 0 fully saturated rings. The van der Waals surface area contributed by atoms with Gasteiger partial charge in [0.15, 0.2) is 5.96 Å². The van der Waals surface area contributed by atoms with E-state index in [0.29, 0.717) is 22.2 Å². The van der Waals surface area contributed by atoms with Crippen LogP contribution in [0.2, 0.25) is 5.02 Å². The molecule has 0 amide bonds. The van der Waals surface area contributed by atoms with Gasteiger partial charge in [-0.1, -0.05) is 17.7 Å². The molecule has 0 atom stereocenters. The molecule has 1 aliphatic rings. The number of nitrogens with one attached hydrogen (secondary N) is 2. The number of para-hydroxylation sites is 1. The number of halogens is 1. The van der Waals surface area contributed by atoms with Gasteiger partial charge in [0.2, 0.25) is 0 Å². The predicted octanol–water partition coefficient (Wildman–Crippen LogP) is 1.58. The molecule has 0 spiro atoms. The van der Waals surface area contributed by atoms with Crippen LogP contribution in [0.1, 0.15) is 5.56 Å². The van der Waals surface area contributed by atoms with Gasteiger partial charge < -0.3 is 10.6 Å². The van der Waals surface area contributed by atoms with Crippen LogP contribution in [0.25, 0.3) is 0 Å². The van der Waals surface area contributed by atoms with Crippen molar-refractivity contribution >= 4 is 23.2 Å². The number of nitrogens with zero attached hydrogens (tertiary/aromatic N) is 2. The highest BCUT2D eigenvalue weighted by molar-refractivity contribution is 6.34. The van der Waals surface area contributed by atoms with Gasteiger partial charge in [-0.25, -0.2) is 0 Å². The molecule has 5 heteroatoms. The summed E-state index contributed by atoms with van der Waals surface area (Å²) >= 11 is 5.99. The zero-order chi connectivity index (χ0) is 10.7. The second kappa shape index (κ2) is 4.20. The summed E-state index contributed by atoms with van der Waals surface area (Å²) in [4.78, 5) is 4.17. The first-order valence-corrected chi connectivity index (χ1v) is 4.93. The van der Waals surface area contributed by atoms with E-state index in [1.54, 1.807) is 18.2 Å². The van der Waals surface area contributed by atoms with E-state index in [1.165, 1.54) is 0 Å². The van der Waals surface area contributed by atoms with Crippen LogP contribution in [-0.4, -0.2) is 19.0 Å². The van der Waals surface area contributed by atoms with E-state index in [9.17, 15) is 0 Å². The SMILES string of the molecule is N#Cc1cccc(Cl)c1NC1=NCCN1. The number of hydrogen-bond donors (Lipinski definition) is 2. The van der Waals surface area contributed by atoms with Crippen LogP contribution in [0, 0.1) is 11.3 Å². The molecule has 1 heterocycles. The van der Waals surface area contributed by atoms with Gasteiger partial charge in [0, 0.05) is 6.54 Å². The van der Waals surface area contributed by atoms with Gasteiger partial charge in [0.25, 0.3) is 0 Å². The summed E-state index contributed by atoms with van der Waals surface area (Å²) in [6.45, 7) is 1.56. The lowest BCUT2D eigenvalue weighted by Gasteiger charge is -2.09. The van der Waals surface area contributed by atoms with Crippen molar-refractivity contribution in [3.8, 4) is 6.07 Å². The molecule has 1 aromatic rings. The third-order valence-corrected chi connectivity index (χ3v) is 2.37. The first-order chi connectivity index (χ1) is 7.31. The Morgan fingerprint density at radius 2 is 2.40 bits per heavy atom. The van der Waals surface area contributed by atoms with E-state index >= 15 is 0 Å². The number of nitriles is 1. The fourth-order valence-electron chi connectivity index (χ4n) is 1.34. The Morgan fingerprint density at radius 3 is 3.07 bits per heavy atom. The van der Waals surface area contributed by atoms with Crippen LogP contribution in [0.4, 0.5) is 5.69 Å². The maximum Gasteiger partial charge on any atom is 0.195 e. The molecule has 15 heavy (non-hydrogen) atoms. The molecular weight excluding hydrogens is 212 g/mol. The Kier molecular flexibility index (Phi) is 2.75. The van der Waals surface area contributed by atoms with E-state index in [2.05, 4.69) is 21.7 Å². The fourth-order valence-corrected chi connectivity index (χ4v) is 1.57. The first-order valence-electron chi connectivity index (χ1n) is 4.55. The molecule has 0 saturated heterocycles. The second-order valence-electron chi connectivity index (χ2n) is 3.06. The summed E-state index contributed by atoms with van der Waals surface area (Å²) in [6.07, 6.45) is 0. The summed E-state index contributed by atoms with van der Waals surface area (Å²) in [5.74, 6) is 0.666. The predicted molar refractivity (Wildman–Crippen MR) is 60.1 cm³/mol. The standard InChI is InChI=1S/C10H9ClN4/c11-8-3-1-2-7(6-12)9(8)15-10-13-4-5-14-10/h1-3H,4-5H2,(H2,13,14,15). The summed E-state index contributed by atoms with van der Waals surface area (Å²) in [5.41, 5.74) is 1.12. The van der Waals surface area contributed by atoms with Crippen molar-refractivity contribution in [1.29, 1.82) is 5.26 Å². The van der Waals surface area contributed by atoms with Gasteiger partial charge in [0.1, 0.15) is 6.07 Å². The molecule has 1 aliphatic heterocycles. The molecule has 2 rings (SSSR count). The Bertz CT molecular complexity index is 447. The lowest BCUT2D eigenvalue weighted by atomic mass is 10.2. The Labute approximate surface area is 92.6 Å². The lowest BCUT2D eigenvalue weighted by Crippen LogP contribution is -2.26. The minimum Gasteiger partial charge on any atom is -0.354 e. The Balaban J connectivity index is 2.30. The van der Waals surface area contributed by atoms with Crippen molar-refractivity contribution in [3.05, 3.63) is 28.8 Å². The van der Waals surface area contributed by atoms with Crippen LogP contribution < -0.4 is 10.6 Å². The highest BCUT2D eigenvalue weighted by Crippen LogP contribution is 2.25. The Hall–Kier alpha value is -1.73. The summed E-state index contributed by atoms with van der Waals surface area (Å²) in [6, 6.07) is 7.27. The van der Waals surface area contributed by atoms with Crippen molar-refractivity contribution in [3.63, 3.8) is 0 Å². The maximum atomic E-state index is 8.91. The van der Waals surface area contributed by atoms with Gasteiger partial charge in [-0.05, 0) is 12.1 Å². The third kappa shape index (κ3) is 2.03. The monoisotopic (exact) mass is 220 g/mol. The largest absolute Gasteiger partial charge is 0.354 e. The van der Waals surface area contributed by atoms with Crippen molar-refractivity contribution < 1.29 is 0 Å². The number of aliphatic imine (C=N–C) groups is 1. The molecule has 1 aromatic carbocycles. The van der Waals surface area contributed by atoms with E-state index < -0.39 is 0 Å². The molecule has 0 saturated carbocycles. The van der Waals surface area contributed by atoms with Gasteiger partial charge in [-0.2, -0.15) is 5.26 Å². The van der Waals surface area contributed by atoms with Gasteiger partial charge in [-0.15, -0.1) is 0 Å². The van der Waals surface area contributed by atoms with Crippen LogP contribution in [0.3, 0.4) is 0 Å². The normalized spacial score (nSPS) is 14.0. The topological polar surface area (TPSA) is 60.2 Å². The average Bonchev–Trinajstić information content (AvgIpc) is 2.74. The van der Waals surface area contributed by atoms with Crippen molar-refractivity contribution in [2.24, 2.45) is 4.99 Å². The number of guanidine groups is 1. The molecule has 0 unspecified atom stereocenters. The number of hydrogen-bond acceptors (Lipinski definition) is 4. The number of benzene rings is 1. The summed E-state index contributed by atoms with van der Waals surface area (Å²) in [7, 11) is 0. The zero-order valence-corrected chi connectivity index (χ0v) is 8.67. The van der Waals surface area contributed by atoms with Crippen LogP contribution in [0.15, 0.2) is 23.2 Å². The summed E-state index contributed by atoms with van der Waals surface area (Å²) in [5, 5.41) is 15.5. The molecule has 4 nitrogen and oxygen atoms in total. The van der Waals surface area contributed by atoms with Crippen molar-refractivity contribution in [2.75, 3.05) is 18.4 Å². The van der Waals surface area contributed by atoms with Crippen molar-refractivity contribution in [2.45, 2.75) is 0 Å². The Morgan fingerprint density at radius 1 is 1.53 bits per heavy atom. The van der Waals surface area contributed by atoms with Gasteiger partial charge >= 0.3 is 0 Å². The van der Waals surface area contributed by atoms with Crippen molar-refractivity contribution in [1.82, 2.24) is 5.32 Å². The van der Waals surface area contributed by atoms with Gasteiger partial charge in [0.05, 0.1) is 22.8 Å². The van der Waals surface area contributed by atoms with Crippen LogP contribution in [-0.2, 0) is 0 Å². The number of anilines is 1. The molecule has 76 valence electrons. The van der Waals surface area contributed by atoms with E-state index in [4.69, 9.17) is 16.9 Å². The minimum atomic E-state index is 0.513.